The van der Waals surface area contributed by atoms with E-state index in [1.165, 1.54) is 18.3 Å². The van der Waals surface area contributed by atoms with Gasteiger partial charge in [-0.1, -0.05) is 0 Å². The molecule has 29 heavy (non-hydrogen) atoms. The van der Waals surface area contributed by atoms with Gasteiger partial charge in [-0.05, 0) is 39.0 Å². The van der Waals surface area contributed by atoms with Crippen molar-refractivity contribution in [2.45, 2.75) is 39.0 Å². The van der Waals surface area contributed by atoms with E-state index in [2.05, 4.69) is 20.7 Å². The molecular formula is C20H23FN6O2. The van der Waals surface area contributed by atoms with Gasteiger partial charge in [0.1, 0.15) is 28.9 Å². The lowest BCUT2D eigenvalue weighted by Crippen LogP contribution is -2.43. The van der Waals surface area contributed by atoms with Crippen LogP contribution in [0.4, 0.5) is 10.2 Å². The van der Waals surface area contributed by atoms with Crippen LogP contribution >= 0.6 is 0 Å². The van der Waals surface area contributed by atoms with Gasteiger partial charge in [-0.15, -0.1) is 0 Å². The molecule has 0 aliphatic carbocycles. The first kappa shape index (κ1) is 19.1. The summed E-state index contributed by atoms with van der Waals surface area (Å²) in [4.78, 5) is 4.56. The molecule has 1 aliphatic heterocycles. The number of nitrogens with one attached hydrogen (secondary N) is 3. The Labute approximate surface area is 167 Å². The van der Waals surface area contributed by atoms with Gasteiger partial charge in [0.15, 0.2) is 5.65 Å². The molecule has 152 valence electrons. The van der Waals surface area contributed by atoms with Crippen molar-refractivity contribution in [1.29, 1.82) is 5.41 Å². The van der Waals surface area contributed by atoms with E-state index in [-0.39, 0.29) is 17.7 Å². The predicted octanol–water partition coefficient (Wildman–Crippen LogP) is 2.62. The SMILES string of the molecule is C[C@@H](Nc1ccn2ncc(C(=N)NC(C)(C)O)c2n1)c1cc(F)cc2c1OCC2. The molecule has 0 bridgehead atoms. The first-order valence-electron chi connectivity index (χ1n) is 9.37. The maximum atomic E-state index is 14.0. The summed E-state index contributed by atoms with van der Waals surface area (Å²) in [5.74, 6) is 1.01. The van der Waals surface area contributed by atoms with Gasteiger partial charge in [0.25, 0.3) is 0 Å². The maximum absolute atomic E-state index is 14.0. The van der Waals surface area contributed by atoms with Crippen molar-refractivity contribution in [3.8, 4) is 5.75 Å². The minimum atomic E-state index is -1.24. The molecule has 0 radical (unpaired) electrons. The second-order valence-electron chi connectivity index (χ2n) is 7.65. The van der Waals surface area contributed by atoms with Crippen LogP contribution in [0.5, 0.6) is 5.75 Å². The highest BCUT2D eigenvalue weighted by atomic mass is 19.1. The summed E-state index contributed by atoms with van der Waals surface area (Å²) in [5.41, 5.74) is 1.29. The minimum absolute atomic E-state index is 0.0153. The number of rotatable bonds is 5. The molecule has 3 heterocycles. The zero-order valence-electron chi connectivity index (χ0n) is 16.5. The number of aliphatic hydroxyl groups is 1. The van der Waals surface area contributed by atoms with Crippen molar-refractivity contribution < 1.29 is 14.2 Å². The maximum Gasteiger partial charge on any atom is 0.168 e. The molecule has 0 saturated carbocycles. The topological polar surface area (TPSA) is 108 Å². The Morgan fingerprint density at radius 2 is 2.21 bits per heavy atom. The molecule has 3 aromatic rings. The third kappa shape index (κ3) is 3.86. The standard InChI is InChI=1S/C20H23FN6O2/c1-11(14-9-13(21)8-12-5-7-29-17(12)14)24-16-4-6-27-19(25-16)15(10-23-27)18(22)26-20(2,3)28/h4,6,8-11,28H,5,7H2,1-3H3,(H2,22,26)(H,24,25)/t11-/m1/s1. The third-order valence-electron chi connectivity index (χ3n) is 4.68. The molecule has 2 aromatic heterocycles. The minimum Gasteiger partial charge on any atom is -0.493 e. The molecule has 8 nitrogen and oxygen atoms in total. The molecule has 1 aromatic carbocycles. The lowest BCUT2D eigenvalue weighted by Gasteiger charge is -2.20. The number of hydrogen-bond donors (Lipinski definition) is 4. The van der Waals surface area contributed by atoms with Crippen molar-refractivity contribution in [3.05, 3.63) is 53.1 Å². The number of hydrogen-bond acceptors (Lipinski definition) is 6. The van der Waals surface area contributed by atoms with Crippen molar-refractivity contribution in [2.75, 3.05) is 11.9 Å². The van der Waals surface area contributed by atoms with Crippen LogP contribution in [-0.2, 0) is 6.42 Å². The summed E-state index contributed by atoms with van der Waals surface area (Å²) < 4.78 is 21.3. The first-order chi connectivity index (χ1) is 13.7. The van der Waals surface area contributed by atoms with Gasteiger partial charge in [0, 0.05) is 23.7 Å². The van der Waals surface area contributed by atoms with E-state index < -0.39 is 5.72 Å². The fraction of sp³-hybridized carbons (Fsp3) is 0.350. The van der Waals surface area contributed by atoms with E-state index >= 15 is 0 Å². The van der Waals surface area contributed by atoms with E-state index in [0.29, 0.717) is 30.1 Å². The van der Waals surface area contributed by atoms with E-state index in [1.54, 1.807) is 30.6 Å². The normalized spacial score (nSPS) is 14.4. The molecule has 4 rings (SSSR count). The lowest BCUT2D eigenvalue weighted by atomic mass is 10.0. The van der Waals surface area contributed by atoms with Crippen LogP contribution in [-0.4, -0.2) is 37.9 Å². The Kier molecular flexibility index (Phi) is 4.62. The highest BCUT2D eigenvalue weighted by Crippen LogP contribution is 2.35. The first-order valence-corrected chi connectivity index (χ1v) is 9.37. The number of fused-ring (bicyclic) bond motifs is 2. The summed E-state index contributed by atoms with van der Waals surface area (Å²) in [6, 6.07) is 4.51. The Hall–Kier alpha value is -3.20. The van der Waals surface area contributed by atoms with Gasteiger partial charge in [0.05, 0.1) is 24.4 Å². The van der Waals surface area contributed by atoms with Gasteiger partial charge in [-0.2, -0.15) is 5.10 Å². The predicted molar refractivity (Wildman–Crippen MR) is 107 cm³/mol. The molecule has 0 fully saturated rings. The van der Waals surface area contributed by atoms with Crippen LogP contribution < -0.4 is 15.4 Å². The fourth-order valence-corrected chi connectivity index (χ4v) is 3.42. The smallest absolute Gasteiger partial charge is 0.168 e. The molecule has 1 aliphatic rings. The highest BCUT2D eigenvalue weighted by molar-refractivity contribution is 6.01. The highest BCUT2D eigenvalue weighted by Gasteiger charge is 2.22. The van der Waals surface area contributed by atoms with E-state index in [0.717, 1.165) is 16.9 Å². The van der Waals surface area contributed by atoms with Crippen LogP contribution in [0.1, 0.15) is 43.5 Å². The number of ether oxygens (including phenoxy) is 1. The molecule has 0 spiro atoms. The molecule has 9 heteroatoms. The van der Waals surface area contributed by atoms with E-state index in [4.69, 9.17) is 10.1 Å². The van der Waals surface area contributed by atoms with Crippen LogP contribution in [0, 0.1) is 11.2 Å². The second-order valence-corrected chi connectivity index (χ2v) is 7.65. The summed E-state index contributed by atoms with van der Waals surface area (Å²) in [6.45, 7) is 5.57. The Bertz CT molecular complexity index is 1090. The monoisotopic (exact) mass is 398 g/mol. The fourth-order valence-electron chi connectivity index (χ4n) is 3.42. The van der Waals surface area contributed by atoms with Crippen molar-refractivity contribution in [2.24, 2.45) is 0 Å². The van der Waals surface area contributed by atoms with Gasteiger partial charge < -0.3 is 20.5 Å². The lowest BCUT2D eigenvalue weighted by molar-refractivity contribution is 0.0649. The Morgan fingerprint density at radius 1 is 1.41 bits per heavy atom. The summed E-state index contributed by atoms with van der Waals surface area (Å²) in [7, 11) is 0. The van der Waals surface area contributed by atoms with Crippen LogP contribution in [0.25, 0.3) is 5.65 Å². The number of benzene rings is 1. The molecule has 0 unspecified atom stereocenters. The van der Waals surface area contributed by atoms with Crippen LogP contribution in [0.15, 0.2) is 30.6 Å². The Balaban J connectivity index is 1.62. The zero-order valence-corrected chi connectivity index (χ0v) is 16.5. The number of anilines is 1. The Morgan fingerprint density at radius 3 is 2.97 bits per heavy atom. The van der Waals surface area contributed by atoms with Crippen molar-refractivity contribution >= 4 is 17.3 Å². The number of halogens is 1. The van der Waals surface area contributed by atoms with E-state index in [1.807, 2.05) is 6.92 Å². The molecular weight excluding hydrogens is 375 g/mol. The number of amidine groups is 1. The van der Waals surface area contributed by atoms with Crippen LogP contribution in [0.3, 0.4) is 0 Å². The zero-order chi connectivity index (χ0) is 20.8. The quantitative estimate of drug-likeness (QED) is 0.299. The number of aromatic nitrogens is 3. The molecule has 0 saturated heterocycles. The van der Waals surface area contributed by atoms with Gasteiger partial charge >= 0.3 is 0 Å². The summed E-state index contributed by atoms with van der Waals surface area (Å²) >= 11 is 0. The largest absolute Gasteiger partial charge is 0.493 e. The summed E-state index contributed by atoms with van der Waals surface area (Å²) in [5, 5.41) is 28.3. The summed E-state index contributed by atoms with van der Waals surface area (Å²) in [6.07, 6.45) is 3.95. The van der Waals surface area contributed by atoms with E-state index in [9.17, 15) is 9.50 Å². The molecule has 0 amide bonds. The van der Waals surface area contributed by atoms with Gasteiger partial charge in [-0.25, -0.2) is 13.9 Å². The average Bonchev–Trinajstić information content (AvgIpc) is 3.25. The van der Waals surface area contributed by atoms with Crippen LogP contribution in [0.2, 0.25) is 0 Å². The average molecular weight is 398 g/mol. The van der Waals surface area contributed by atoms with Crippen molar-refractivity contribution in [1.82, 2.24) is 19.9 Å². The molecule has 1 atom stereocenters. The second kappa shape index (κ2) is 7.00. The number of nitrogens with zero attached hydrogens (tertiary/aromatic N) is 3. The third-order valence-corrected chi connectivity index (χ3v) is 4.68. The van der Waals surface area contributed by atoms with Crippen molar-refractivity contribution in [3.63, 3.8) is 0 Å². The molecule has 4 N–H and O–H groups in total. The van der Waals surface area contributed by atoms with Gasteiger partial charge in [0.2, 0.25) is 0 Å². The van der Waals surface area contributed by atoms with Gasteiger partial charge in [-0.3, -0.25) is 5.41 Å².